The number of likely N-dealkylation sites (tertiary alicyclic amines) is 1. The maximum Gasteiger partial charge on any atom is 0.338 e. The van der Waals surface area contributed by atoms with Gasteiger partial charge in [0.15, 0.2) is 0 Å². The van der Waals surface area contributed by atoms with E-state index in [0.29, 0.717) is 53.9 Å². The second-order valence-electron chi connectivity index (χ2n) is 24.0. The predicted molar refractivity (Wildman–Crippen MR) is 350 cm³/mol. The van der Waals surface area contributed by atoms with E-state index in [1.54, 1.807) is 7.05 Å². The van der Waals surface area contributed by atoms with Gasteiger partial charge in [-0.05, 0) is 191 Å². The molecule has 0 aliphatic carbocycles. The van der Waals surface area contributed by atoms with Gasteiger partial charge in [0.05, 0.1) is 12.2 Å². The van der Waals surface area contributed by atoms with Crippen LogP contribution in [0.4, 0.5) is 0 Å². The summed E-state index contributed by atoms with van der Waals surface area (Å²) >= 11 is 0. The normalized spacial score (nSPS) is 13.2. The average molecular weight is 1170 g/mol. The Hall–Kier alpha value is -6.71. The van der Waals surface area contributed by atoms with E-state index >= 15 is 0 Å². The number of benzene rings is 5. The highest BCUT2D eigenvalue weighted by Gasteiger charge is 2.18. The number of carbonyl (C=O) groups excluding carboxylic acids is 5. The summed E-state index contributed by atoms with van der Waals surface area (Å²) in [6.07, 6.45) is 5.28. The lowest BCUT2D eigenvalue weighted by molar-refractivity contribution is 0.0492. The summed E-state index contributed by atoms with van der Waals surface area (Å²) in [4.78, 5) is 65.2. The van der Waals surface area contributed by atoms with Crippen LogP contribution in [0.25, 0.3) is 0 Å². The fraction of sp³-hybridized carbons (Fsp3) is 0.507. The second kappa shape index (κ2) is 39.8. The number of rotatable bonds is 21. The lowest BCUT2D eigenvalue weighted by Gasteiger charge is -2.23. The number of carbonyl (C=O) groups is 5. The molecule has 14 heteroatoms. The Bertz CT molecular complexity index is 2670. The van der Waals surface area contributed by atoms with Crippen LogP contribution in [0.15, 0.2) is 121 Å². The maximum absolute atomic E-state index is 12.0. The summed E-state index contributed by atoms with van der Waals surface area (Å²) < 4.78 is 10.5. The Morgan fingerprint density at radius 2 is 0.824 bits per heavy atom. The highest BCUT2D eigenvalue weighted by molar-refractivity contribution is 5.96. The Kier molecular flexibility index (Phi) is 34.0. The number of esters is 1. The van der Waals surface area contributed by atoms with Crippen LogP contribution in [0.5, 0.6) is 0 Å². The van der Waals surface area contributed by atoms with Crippen LogP contribution in [-0.2, 0) is 9.47 Å². The SMILES string of the molecule is CC(C)c1ccc(C(=O)NC2CCOCC2)cc1.CC(C)c1ccc(C(=O)NCCN(C)C)cc1.CC(C)c1ccc(C(=O)NCCN2CCCC2)cc1.CC(C)c1ccc(C(=O)OCCCN(C)C)cc1.CNC(=O)c1ccc(C(C)C)cc1. The Labute approximate surface area is 511 Å². The van der Waals surface area contributed by atoms with Crippen molar-refractivity contribution >= 4 is 29.6 Å². The first-order valence-corrected chi connectivity index (χ1v) is 30.8. The Morgan fingerprint density at radius 3 is 1.18 bits per heavy atom. The molecule has 0 saturated carbocycles. The quantitative estimate of drug-likeness (QED) is 0.0411. The molecule has 7 rings (SSSR count). The van der Waals surface area contributed by atoms with Crippen LogP contribution in [-0.4, -0.2) is 151 Å². The first-order chi connectivity index (χ1) is 40.5. The molecule has 4 amide bonds. The zero-order chi connectivity index (χ0) is 62.8. The molecule has 0 unspecified atom stereocenters. The molecule has 2 heterocycles. The van der Waals surface area contributed by atoms with Gasteiger partial charge >= 0.3 is 5.97 Å². The van der Waals surface area contributed by atoms with E-state index in [2.05, 4.69) is 100 Å². The topological polar surface area (TPSA) is 162 Å². The van der Waals surface area contributed by atoms with Crippen LogP contribution >= 0.6 is 0 Å². The van der Waals surface area contributed by atoms with E-state index in [1.165, 1.54) is 53.7 Å². The Morgan fingerprint density at radius 1 is 0.482 bits per heavy atom. The number of nitrogens with zero attached hydrogens (tertiary/aromatic N) is 3. The first kappa shape index (κ1) is 72.5. The summed E-state index contributed by atoms with van der Waals surface area (Å²) in [5, 5.41) is 11.5. The van der Waals surface area contributed by atoms with Gasteiger partial charge in [0.2, 0.25) is 0 Å². The van der Waals surface area contributed by atoms with Crippen molar-refractivity contribution in [1.82, 2.24) is 36.0 Å². The zero-order valence-corrected chi connectivity index (χ0v) is 54.3. The van der Waals surface area contributed by atoms with E-state index in [-0.39, 0.29) is 35.6 Å². The van der Waals surface area contributed by atoms with Gasteiger partial charge in [-0.1, -0.05) is 130 Å². The molecular formula is C71H105N7O7. The Balaban J connectivity index is 0.000000280. The van der Waals surface area contributed by atoms with Crippen molar-refractivity contribution in [3.8, 4) is 0 Å². The average Bonchev–Trinajstić information content (AvgIpc) is 4.18. The van der Waals surface area contributed by atoms with Crippen LogP contribution in [0.2, 0.25) is 0 Å². The van der Waals surface area contributed by atoms with Crippen LogP contribution in [0.1, 0.15) is 211 Å². The van der Waals surface area contributed by atoms with Crippen molar-refractivity contribution in [3.63, 3.8) is 0 Å². The van der Waals surface area contributed by atoms with Crippen molar-refractivity contribution in [2.45, 2.75) is 137 Å². The summed E-state index contributed by atoms with van der Waals surface area (Å²) in [7, 11) is 9.63. The van der Waals surface area contributed by atoms with Gasteiger partial charge in [-0.2, -0.15) is 0 Å². The van der Waals surface area contributed by atoms with Crippen molar-refractivity contribution < 1.29 is 33.4 Å². The van der Waals surface area contributed by atoms with Crippen LogP contribution in [0, 0.1) is 0 Å². The molecule has 4 N–H and O–H groups in total. The molecule has 5 aromatic rings. The summed E-state index contributed by atoms with van der Waals surface area (Å²) in [6.45, 7) is 29.9. The van der Waals surface area contributed by atoms with Gasteiger partial charge in [0.1, 0.15) is 0 Å². The standard InChI is InChI=1S/C16H24N2O.C15H21NO2.C15H23NO2.C14H22N2O.C11H15NO/c1-13(2)14-5-7-15(8-6-14)16(19)17-9-12-18-10-3-4-11-18;1-11(2)12-3-5-13(6-4-12)15(17)16-14-7-9-18-10-8-14;1-12(2)13-6-8-14(9-7-13)15(17)18-11-5-10-16(3)4;1-11(2)12-5-7-13(8-6-12)14(17)15-9-10-16(3)4;1-8(2)9-4-6-10(7-5-9)11(13)12-3/h5-8,13H,3-4,9-12H2,1-2H3,(H,17,19);3-6,11,14H,7-10H2,1-2H3,(H,16,17);6-9,12H,5,10-11H2,1-4H3;5-8,11H,9-10H2,1-4H3,(H,15,17);4-8H,1-3H3,(H,12,13). The third-order valence-electron chi connectivity index (χ3n) is 14.7. The molecule has 85 heavy (non-hydrogen) atoms. The fourth-order valence-corrected chi connectivity index (χ4v) is 8.90. The second-order valence-corrected chi connectivity index (χ2v) is 24.0. The molecule has 2 aliphatic heterocycles. The van der Waals surface area contributed by atoms with E-state index in [9.17, 15) is 24.0 Å². The van der Waals surface area contributed by atoms with Crippen LogP contribution < -0.4 is 21.3 Å². The minimum atomic E-state index is -0.232. The van der Waals surface area contributed by atoms with Crippen molar-refractivity contribution in [3.05, 3.63) is 177 Å². The molecule has 0 bridgehead atoms. The van der Waals surface area contributed by atoms with Crippen molar-refractivity contribution in [2.75, 3.05) is 101 Å². The third-order valence-corrected chi connectivity index (χ3v) is 14.7. The largest absolute Gasteiger partial charge is 0.462 e. The van der Waals surface area contributed by atoms with E-state index in [4.69, 9.17) is 9.47 Å². The van der Waals surface area contributed by atoms with Crippen LogP contribution in [0.3, 0.4) is 0 Å². The molecule has 0 spiro atoms. The summed E-state index contributed by atoms with van der Waals surface area (Å²) in [5.74, 6) is 2.30. The number of amides is 4. The van der Waals surface area contributed by atoms with Crippen molar-refractivity contribution in [1.29, 1.82) is 0 Å². The molecule has 2 saturated heterocycles. The predicted octanol–water partition coefficient (Wildman–Crippen LogP) is 12.5. The molecule has 2 aliphatic rings. The summed E-state index contributed by atoms with van der Waals surface area (Å²) in [5.41, 5.74) is 9.86. The smallest absolute Gasteiger partial charge is 0.338 e. The van der Waals surface area contributed by atoms with Gasteiger partial charge in [0, 0.05) is 81.3 Å². The zero-order valence-electron chi connectivity index (χ0n) is 54.3. The molecule has 466 valence electrons. The van der Waals surface area contributed by atoms with Gasteiger partial charge in [-0.25, -0.2) is 4.79 Å². The maximum atomic E-state index is 12.0. The molecular weight excluding hydrogens is 1060 g/mol. The number of hydrogen-bond acceptors (Lipinski definition) is 10. The number of nitrogens with one attached hydrogen (secondary N) is 4. The lowest BCUT2D eigenvalue weighted by Crippen LogP contribution is -2.38. The minimum Gasteiger partial charge on any atom is -0.462 e. The van der Waals surface area contributed by atoms with Crippen molar-refractivity contribution in [2.24, 2.45) is 0 Å². The number of likely N-dealkylation sites (N-methyl/N-ethyl adjacent to an activating group) is 1. The molecule has 0 atom stereocenters. The first-order valence-electron chi connectivity index (χ1n) is 30.8. The number of hydrogen-bond donors (Lipinski definition) is 4. The highest BCUT2D eigenvalue weighted by Crippen LogP contribution is 2.19. The van der Waals surface area contributed by atoms with Gasteiger partial charge < -0.3 is 45.4 Å². The van der Waals surface area contributed by atoms with Gasteiger partial charge in [-0.3, -0.25) is 19.2 Å². The molecule has 14 nitrogen and oxygen atoms in total. The van der Waals surface area contributed by atoms with E-state index in [0.717, 1.165) is 75.3 Å². The molecule has 5 aromatic carbocycles. The van der Waals surface area contributed by atoms with Gasteiger partial charge in [-0.15, -0.1) is 0 Å². The lowest BCUT2D eigenvalue weighted by atomic mass is 10.0. The molecule has 2 fully saturated rings. The van der Waals surface area contributed by atoms with Gasteiger partial charge in [0.25, 0.3) is 23.6 Å². The monoisotopic (exact) mass is 1170 g/mol. The van der Waals surface area contributed by atoms with E-state index < -0.39 is 0 Å². The molecule has 0 aromatic heterocycles. The fourth-order valence-electron chi connectivity index (χ4n) is 8.90. The third kappa shape index (κ3) is 28.8. The summed E-state index contributed by atoms with van der Waals surface area (Å²) in [6, 6.07) is 39.2. The highest BCUT2D eigenvalue weighted by atomic mass is 16.5. The molecule has 0 radical (unpaired) electrons. The number of ether oxygens (including phenoxy) is 2. The minimum absolute atomic E-state index is 0.00200. The van der Waals surface area contributed by atoms with E-state index in [1.807, 2.05) is 154 Å².